The van der Waals surface area contributed by atoms with Crippen molar-refractivity contribution in [2.24, 2.45) is 0 Å². The van der Waals surface area contributed by atoms with Gasteiger partial charge in [-0.1, -0.05) is 0 Å². The van der Waals surface area contributed by atoms with Gasteiger partial charge in [-0.25, -0.2) is 0 Å². The fraction of sp³-hybridized carbons (Fsp3) is 0.600. The van der Waals surface area contributed by atoms with E-state index in [9.17, 15) is 17.6 Å². The first kappa shape index (κ1) is 18.8. The normalized spacial score (nSPS) is 12.8. The third-order valence-corrected chi connectivity index (χ3v) is 12.7. The third kappa shape index (κ3) is 2.74. The summed E-state index contributed by atoms with van der Waals surface area (Å²) in [6.07, 6.45) is 0. The van der Waals surface area contributed by atoms with Gasteiger partial charge in [-0.05, 0) is 0 Å². The topological polar surface area (TPSA) is 0 Å². The van der Waals surface area contributed by atoms with Gasteiger partial charge in [-0.15, -0.1) is 0 Å². The monoisotopic (exact) mass is 374 g/mol. The van der Waals surface area contributed by atoms with Gasteiger partial charge in [0.1, 0.15) is 0 Å². The number of hydrogen-bond donors (Lipinski definition) is 0. The standard InChI is InChI=1S/C15H21F4Si.Ga/c1-8(2)20(9(3)4,10(5)6)15-13(18)11(16)7-12(17)14(15)19;/h8-10H,1-6H3;. The number of benzene rings is 1. The van der Waals surface area contributed by atoms with Gasteiger partial charge in [0.05, 0.1) is 0 Å². The molecule has 0 spiro atoms. The molecule has 0 unspecified atom stereocenters. The van der Waals surface area contributed by atoms with Crippen LogP contribution in [-0.4, -0.2) is 26.7 Å². The van der Waals surface area contributed by atoms with E-state index in [0.717, 1.165) is 0 Å². The van der Waals surface area contributed by atoms with Gasteiger partial charge in [0.15, 0.2) is 0 Å². The predicted octanol–water partition coefficient (Wildman–Crippen LogP) is 3.92. The van der Waals surface area contributed by atoms with Crippen LogP contribution >= 0.6 is 0 Å². The molecule has 0 heterocycles. The van der Waals surface area contributed by atoms with E-state index in [1.54, 1.807) is 0 Å². The van der Waals surface area contributed by atoms with E-state index >= 15 is 0 Å². The zero-order chi connectivity index (χ0) is 16.7. The average Bonchev–Trinajstić information content (AvgIpc) is 2.37. The molecule has 6 heteroatoms. The van der Waals surface area contributed by atoms with Crippen LogP contribution < -0.4 is 9.30 Å². The van der Waals surface area contributed by atoms with Crippen LogP contribution in [0.15, 0.2) is 0 Å². The maximum absolute atomic E-state index is 14.5. The first-order valence-corrected chi connectivity index (χ1v) is 10.6. The molecule has 116 valence electrons. The third-order valence-electron chi connectivity index (χ3n) is 4.60. The quantitative estimate of drug-likeness (QED) is 0.425. The van der Waals surface area contributed by atoms with Crippen molar-refractivity contribution >= 4 is 36.0 Å². The zero-order valence-corrected chi connectivity index (χ0v) is 16.7. The summed E-state index contributed by atoms with van der Waals surface area (Å²) >= 11 is 0.553. The van der Waals surface area contributed by atoms with Crippen LogP contribution in [0.4, 0.5) is 17.6 Å². The second-order valence-corrected chi connectivity index (χ2v) is 13.5. The summed E-state index contributed by atoms with van der Waals surface area (Å²) in [4.78, 5) is 0. The Kier molecular flexibility index (Phi) is 5.83. The van der Waals surface area contributed by atoms with Gasteiger partial charge in [0, 0.05) is 0 Å². The van der Waals surface area contributed by atoms with Gasteiger partial charge in [-0.3, -0.25) is 0 Å². The molecule has 1 rings (SSSR count). The molecule has 1 aromatic carbocycles. The molecule has 0 saturated carbocycles. The average molecular weight is 375 g/mol. The summed E-state index contributed by atoms with van der Waals surface area (Å²) in [5, 5.41) is -0.307. The van der Waals surface area contributed by atoms with Crippen molar-refractivity contribution in [3.05, 3.63) is 23.3 Å². The van der Waals surface area contributed by atoms with Crippen LogP contribution in [-0.2, 0) is 0 Å². The molecule has 0 aliphatic carbocycles. The summed E-state index contributed by atoms with van der Waals surface area (Å²) < 4.78 is 56.6. The van der Waals surface area contributed by atoms with Gasteiger partial charge in [-0.2, -0.15) is 0 Å². The Hall–Kier alpha value is -0.207. The van der Waals surface area contributed by atoms with Crippen molar-refractivity contribution in [3.63, 3.8) is 0 Å². The van der Waals surface area contributed by atoms with Crippen molar-refractivity contribution in [1.29, 1.82) is 0 Å². The van der Waals surface area contributed by atoms with Crippen LogP contribution in [0.1, 0.15) is 41.5 Å². The Balaban J connectivity index is 3.93. The summed E-state index contributed by atoms with van der Waals surface area (Å²) in [6.45, 7) is 11.4. The number of rotatable bonds is 4. The molecule has 0 N–H and O–H groups in total. The molecule has 0 aromatic heterocycles. The van der Waals surface area contributed by atoms with Crippen LogP contribution in [0.2, 0.25) is 16.6 Å². The fourth-order valence-corrected chi connectivity index (χ4v) is 11.1. The number of hydrogen-bond acceptors (Lipinski definition) is 0. The SMILES string of the molecule is CC(C)[Si](c1c(F)c(F)[c]([Ga])c(F)c1F)(C(C)C)C(C)C. The Morgan fingerprint density at radius 2 is 0.952 bits per heavy atom. The summed E-state index contributed by atoms with van der Waals surface area (Å²) in [6, 6.07) is 0. The van der Waals surface area contributed by atoms with E-state index < -0.39 is 35.5 Å². The second-order valence-electron chi connectivity index (χ2n) is 6.44. The molecule has 0 amide bonds. The minimum absolute atomic E-state index is 0.0338. The van der Waals surface area contributed by atoms with E-state index in [1.807, 2.05) is 41.5 Å². The Morgan fingerprint density at radius 3 is 1.19 bits per heavy atom. The van der Waals surface area contributed by atoms with Crippen LogP contribution in [0.5, 0.6) is 0 Å². The zero-order valence-electron chi connectivity index (χ0n) is 13.3. The Labute approximate surface area is 135 Å². The maximum atomic E-state index is 14.5. The van der Waals surface area contributed by atoms with Crippen molar-refractivity contribution in [2.45, 2.75) is 58.2 Å². The van der Waals surface area contributed by atoms with Crippen molar-refractivity contribution in [3.8, 4) is 0 Å². The Bertz CT molecular complexity index is 490. The second kappa shape index (κ2) is 6.50. The van der Waals surface area contributed by atoms with Gasteiger partial charge < -0.3 is 0 Å². The van der Waals surface area contributed by atoms with Gasteiger partial charge >= 0.3 is 135 Å². The molecule has 1 aromatic rings. The summed E-state index contributed by atoms with van der Waals surface area (Å²) in [7, 11) is -2.80. The molecule has 0 bridgehead atoms. The molecule has 21 heavy (non-hydrogen) atoms. The Morgan fingerprint density at radius 1 is 0.667 bits per heavy atom. The van der Waals surface area contributed by atoms with Gasteiger partial charge in [0.2, 0.25) is 0 Å². The minimum atomic E-state index is -2.80. The molecule has 0 aliphatic rings. The summed E-state index contributed by atoms with van der Waals surface area (Å²) in [5.41, 5.74) is -0.101. The van der Waals surface area contributed by atoms with E-state index in [-0.39, 0.29) is 21.8 Å². The molecule has 2 radical (unpaired) electrons. The number of halogens is 4. The fourth-order valence-electron chi connectivity index (χ4n) is 3.89. The van der Waals surface area contributed by atoms with Crippen LogP contribution in [0, 0.1) is 23.3 Å². The van der Waals surface area contributed by atoms with Crippen LogP contribution in [0.25, 0.3) is 0 Å². The van der Waals surface area contributed by atoms with E-state index in [4.69, 9.17) is 0 Å². The van der Waals surface area contributed by atoms with E-state index in [1.165, 1.54) is 0 Å². The molecular formula is C15H21F4GaSi. The molecule has 0 nitrogen and oxygen atoms in total. The molecule has 0 aliphatic heterocycles. The molecule has 0 saturated heterocycles. The summed E-state index contributed by atoms with van der Waals surface area (Å²) in [5.74, 6) is -4.84. The van der Waals surface area contributed by atoms with Gasteiger partial charge in [0.25, 0.3) is 0 Å². The van der Waals surface area contributed by atoms with Crippen molar-refractivity contribution < 1.29 is 17.6 Å². The first-order valence-electron chi connectivity index (χ1n) is 7.12. The van der Waals surface area contributed by atoms with E-state index in [2.05, 4.69) is 0 Å². The molecule has 0 fully saturated rings. The van der Waals surface area contributed by atoms with Crippen molar-refractivity contribution in [1.82, 2.24) is 0 Å². The van der Waals surface area contributed by atoms with E-state index in [0.29, 0.717) is 18.6 Å². The van der Waals surface area contributed by atoms with Crippen LogP contribution in [0.3, 0.4) is 0 Å². The predicted molar refractivity (Wildman–Crippen MR) is 82.3 cm³/mol. The van der Waals surface area contributed by atoms with Crippen molar-refractivity contribution in [2.75, 3.05) is 0 Å². The molecule has 0 atom stereocenters. The first-order chi connectivity index (χ1) is 9.51. The molecular weight excluding hydrogens is 354 g/mol.